The summed E-state index contributed by atoms with van der Waals surface area (Å²) < 4.78 is 0. The topological polar surface area (TPSA) is 422 Å². The van der Waals surface area contributed by atoms with Crippen LogP contribution in [0.1, 0.15) is 58.2 Å². The molecule has 0 bridgehead atoms. The Morgan fingerprint density at radius 3 is 1.53 bits per heavy atom. The van der Waals surface area contributed by atoms with Gasteiger partial charge in [-0.05, 0) is 25.3 Å². The highest BCUT2D eigenvalue weighted by Crippen LogP contribution is 2.12. The lowest BCUT2D eigenvalue weighted by Gasteiger charge is -2.30. The predicted molar refractivity (Wildman–Crippen MR) is 223 cm³/mol. The number of benzene rings is 1. The number of carbonyl (C=O) groups excluding carboxylic acids is 9. The highest BCUT2D eigenvalue weighted by Gasteiger charge is 2.37. The number of primary amides is 2. The third-order valence-corrected chi connectivity index (χ3v) is 9.71. The molecule has 17 N–H and O–H groups in total. The molecule has 0 aliphatic carbocycles. The molecular weight excluding hydrogens is 844 g/mol. The predicted octanol–water partition coefficient (Wildman–Crippen LogP) is -5.81. The van der Waals surface area contributed by atoms with Crippen molar-refractivity contribution >= 4 is 59.1 Å². The van der Waals surface area contributed by atoms with Gasteiger partial charge in [0.2, 0.25) is 53.2 Å². The first-order chi connectivity index (χ1) is 30.1. The third-order valence-electron chi connectivity index (χ3n) is 9.71. The van der Waals surface area contributed by atoms with Crippen molar-refractivity contribution < 1.29 is 63.3 Å². The summed E-state index contributed by atoms with van der Waals surface area (Å²) >= 11 is 0. The molecule has 0 spiro atoms. The number of aliphatic carboxylic acids is 1. The van der Waals surface area contributed by atoms with E-state index in [4.69, 9.17) is 17.2 Å². The Balaban J connectivity index is 2.38. The van der Waals surface area contributed by atoms with Crippen LogP contribution in [0.3, 0.4) is 0 Å². The number of nitrogens with zero attached hydrogens (tertiary/aromatic N) is 1. The Hall–Kier alpha value is -6.99. The fourth-order valence-corrected chi connectivity index (χ4v) is 6.01. The van der Waals surface area contributed by atoms with Crippen molar-refractivity contribution in [1.29, 1.82) is 0 Å². The summed E-state index contributed by atoms with van der Waals surface area (Å²) in [7, 11) is 0. The number of rotatable bonds is 27. The minimum absolute atomic E-state index is 0.176. The lowest BCUT2D eigenvalue weighted by Crippen LogP contribution is -2.63. The Labute approximate surface area is 367 Å². The van der Waals surface area contributed by atoms with Crippen molar-refractivity contribution in [2.75, 3.05) is 6.54 Å². The van der Waals surface area contributed by atoms with E-state index in [9.17, 15) is 63.3 Å². The SMILES string of the molecule is CC[C@H](C)[C@H](NC(=O)[C@@H](NC(=O)[C@H](CC(N)=O)NC(=O)[C@H](Cc1ccccc1)NC(=O)[C@@H](NC(=O)[C@H](CC(N)=O)NC(=O)CN)[C@@H](C)O)[C@@H](C)O)C(=O)N[C@@H](Cc1cnc[nH]1)C(=O)O. The normalized spacial score (nSPS) is 15.7. The molecule has 25 nitrogen and oxygen atoms in total. The zero-order valence-corrected chi connectivity index (χ0v) is 35.7. The van der Waals surface area contributed by atoms with Crippen LogP contribution in [0.4, 0.5) is 0 Å². The van der Waals surface area contributed by atoms with Crippen molar-refractivity contribution in [3.63, 3.8) is 0 Å². The van der Waals surface area contributed by atoms with Gasteiger partial charge in [0.1, 0.15) is 42.3 Å². The number of hydrogen-bond donors (Lipinski definition) is 14. The number of hydrogen-bond acceptors (Lipinski definition) is 14. The van der Waals surface area contributed by atoms with Gasteiger partial charge in [-0.15, -0.1) is 0 Å². The summed E-state index contributed by atoms with van der Waals surface area (Å²) in [6.07, 6.45) is -2.33. The minimum atomic E-state index is -1.85. The highest BCUT2D eigenvalue weighted by atomic mass is 16.4. The number of nitrogens with one attached hydrogen (secondary N) is 8. The molecule has 1 heterocycles. The van der Waals surface area contributed by atoms with E-state index in [2.05, 4.69) is 47.2 Å². The maximum absolute atomic E-state index is 14.0. The van der Waals surface area contributed by atoms with E-state index in [0.29, 0.717) is 17.7 Å². The van der Waals surface area contributed by atoms with Gasteiger partial charge in [0, 0.05) is 24.7 Å². The quantitative estimate of drug-likeness (QED) is 0.0397. The van der Waals surface area contributed by atoms with Gasteiger partial charge >= 0.3 is 5.97 Å². The van der Waals surface area contributed by atoms with Crippen LogP contribution in [0, 0.1) is 5.92 Å². The summed E-state index contributed by atoms with van der Waals surface area (Å²) in [4.78, 5) is 136. The molecular formula is C39H58N12O13. The average Bonchev–Trinajstić information content (AvgIpc) is 3.75. The molecule has 10 atom stereocenters. The number of aliphatic hydroxyl groups excluding tert-OH is 2. The zero-order chi connectivity index (χ0) is 48.3. The third kappa shape index (κ3) is 17.4. The van der Waals surface area contributed by atoms with Crippen LogP contribution in [-0.2, 0) is 60.8 Å². The smallest absolute Gasteiger partial charge is 0.326 e. The van der Waals surface area contributed by atoms with E-state index in [1.165, 1.54) is 12.5 Å². The van der Waals surface area contributed by atoms with E-state index in [1.807, 2.05) is 0 Å². The Bertz CT molecular complexity index is 1950. The second-order valence-corrected chi connectivity index (χ2v) is 15.0. The number of carboxylic acids is 1. The minimum Gasteiger partial charge on any atom is -0.480 e. The number of aromatic nitrogens is 2. The molecule has 0 unspecified atom stereocenters. The summed E-state index contributed by atoms with van der Waals surface area (Å²) in [5.74, 6) is -11.5. The number of aliphatic hydroxyl groups is 2. The van der Waals surface area contributed by atoms with Gasteiger partial charge < -0.3 is 74.7 Å². The van der Waals surface area contributed by atoms with Crippen LogP contribution in [-0.4, -0.2) is 145 Å². The highest BCUT2D eigenvalue weighted by molar-refractivity contribution is 5.99. The average molecular weight is 903 g/mol. The van der Waals surface area contributed by atoms with Gasteiger partial charge in [0.15, 0.2) is 0 Å². The van der Waals surface area contributed by atoms with E-state index >= 15 is 0 Å². The van der Waals surface area contributed by atoms with Crippen molar-refractivity contribution in [2.45, 2.75) is 114 Å². The number of aromatic amines is 1. The molecule has 0 radical (unpaired) electrons. The van der Waals surface area contributed by atoms with Gasteiger partial charge in [-0.1, -0.05) is 50.6 Å². The maximum Gasteiger partial charge on any atom is 0.326 e. The Morgan fingerprint density at radius 1 is 0.625 bits per heavy atom. The molecule has 25 heteroatoms. The number of carboxylic acid groups (broad SMARTS) is 1. The van der Waals surface area contributed by atoms with Crippen molar-refractivity contribution in [3.05, 3.63) is 54.1 Å². The second-order valence-electron chi connectivity index (χ2n) is 15.0. The molecule has 64 heavy (non-hydrogen) atoms. The summed E-state index contributed by atoms with van der Waals surface area (Å²) in [6.45, 7) is 4.97. The van der Waals surface area contributed by atoms with Crippen LogP contribution < -0.4 is 54.4 Å². The van der Waals surface area contributed by atoms with Crippen molar-refractivity contribution in [1.82, 2.24) is 47.2 Å². The molecule has 2 rings (SSSR count). The lowest BCUT2D eigenvalue weighted by atomic mass is 9.96. The van der Waals surface area contributed by atoms with E-state index in [0.717, 1.165) is 13.8 Å². The number of carbonyl (C=O) groups is 10. The first-order valence-corrected chi connectivity index (χ1v) is 20.1. The van der Waals surface area contributed by atoms with E-state index in [1.54, 1.807) is 44.2 Å². The van der Waals surface area contributed by atoms with Crippen LogP contribution in [0.15, 0.2) is 42.9 Å². The molecule has 0 fully saturated rings. The molecule has 0 aliphatic rings. The van der Waals surface area contributed by atoms with Gasteiger partial charge in [-0.25, -0.2) is 9.78 Å². The standard InChI is InChI=1S/C39H58N12O13/c1-5-18(2)30(36(60)48-26(39(63)64)12-22-16-43-17-44-22)49-38(62)32(20(4)53)51-35(59)25(14-28(42)55)46-33(57)23(11-21-9-7-6-8-10-21)47-37(61)31(19(3)52)50-34(58)24(13-27(41)54)45-29(56)15-40/h6-10,16-20,23-26,30-32,52-53H,5,11-15,40H2,1-4H3,(H2,41,54)(H2,42,55)(H,43,44)(H,45,56)(H,46,57)(H,47,61)(H,48,60)(H,49,62)(H,50,58)(H,51,59)(H,63,64)/t18-,19+,20+,23-,24-,25-,26-,30-,31-,32-/m0/s1. The monoisotopic (exact) mass is 902 g/mol. The molecule has 9 amide bonds. The molecule has 0 saturated carbocycles. The summed E-state index contributed by atoms with van der Waals surface area (Å²) in [5, 5.41) is 47.0. The Kier molecular flexibility index (Phi) is 21.4. The molecule has 1 aromatic carbocycles. The molecule has 2 aromatic rings. The lowest BCUT2D eigenvalue weighted by molar-refractivity contribution is -0.142. The fraction of sp³-hybridized carbons (Fsp3) is 0.513. The maximum atomic E-state index is 14.0. The summed E-state index contributed by atoms with van der Waals surface area (Å²) in [5.41, 5.74) is 16.8. The van der Waals surface area contributed by atoms with Crippen molar-refractivity contribution in [3.8, 4) is 0 Å². The van der Waals surface area contributed by atoms with Crippen LogP contribution in [0.5, 0.6) is 0 Å². The number of H-pyrrole nitrogens is 1. The van der Waals surface area contributed by atoms with Gasteiger partial charge in [0.05, 0.1) is 37.9 Å². The van der Waals surface area contributed by atoms with Crippen LogP contribution in [0.25, 0.3) is 0 Å². The van der Waals surface area contributed by atoms with Crippen molar-refractivity contribution in [2.24, 2.45) is 23.1 Å². The largest absolute Gasteiger partial charge is 0.480 e. The van der Waals surface area contributed by atoms with Gasteiger partial charge in [-0.3, -0.25) is 43.2 Å². The number of nitrogens with two attached hydrogens (primary N) is 3. The van der Waals surface area contributed by atoms with E-state index in [-0.39, 0.29) is 12.8 Å². The van der Waals surface area contributed by atoms with Crippen LogP contribution in [0.2, 0.25) is 0 Å². The number of amides is 9. The van der Waals surface area contributed by atoms with Gasteiger partial charge in [-0.2, -0.15) is 0 Å². The second kappa shape index (κ2) is 25.8. The van der Waals surface area contributed by atoms with Crippen LogP contribution >= 0.6 is 0 Å². The summed E-state index contributed by atoms with van der Waals surface area (Å²) in [6, 6.07) is -3.46. The first kappa shape index (κ1) is 53.1. The first-order valence-electron chi connectivity index (χ1n) is 20.1. The van der Waals surface area contributed by atoms with Gasteiger partial charge in [0.25, 0.3) is 0 Å². The fourth-order valence-electron chi connectivity index (χ4n) is 6.01. The Morgan fingerprint density at radius 2 is 1.08 bits per heavy atom. The molecule has 0 saturated heterocycles. The number of imidazole rings is 1. The van der Waals surface area contributed by atoms with E-state index < -0.39 is 139 Å². The molecule has 352 valence electrons. The zero-order valence-electron chi connectivity index (χ0n) is 35.7. The molecule has 1 aromatic heterocycles. The molecule has 0 aliphatic heterocycles.